The van der Waals surface area contributed by atoms with E-state index in [1.54, 1.807) is 4.52 Å². The second-order valence-corrected chi connectivity index (χ2v) is 7.59. The molecule has 5 heteroatoms. The summed E-state index contributed by atoms with van der Waals surface area (Å²) in [5.41, 5.74) is 13.3. The van der Waals surface area contributed by atoms with Gasteiger partial charge in [-0.1, -0.05) is 84.4 Å². The smallest absolute Gasteiger partial charge is 0.165 e. The zero-order valence-corrected chi connectivity index (χ0v) is 16.9. The average molecular weight is 411 g/mol. The number of aromatic nitrogens is 3. The molecule has 0 saturated heterocycles. The number of benzene rings is 3. The minimum absolute atomic E-state index is 0.554. The van der Waals surface area contributed by atoms with Crippen LogP contribution in [0.2, 0.25) is 5.02 Å². The van der Waals surface area contributed by atoms with E-state index in [2.05, 4.69) is 24.3 Å². The molecule has 0 radical (unpaired) electrons. The van der Waals surface area contributed by atoms with Crippen molar-refractivity contribution in [2.45, 2.75) is 6.42 Å². The van der Waals surface area contributed by atoms with Crippen LogP contribution in [0.3, 0.4) is 0 Å². The third kappa shape index (κ3) is 3.31. The lowest BCUT2D eigenvalue weighted by Crippen LogP contribution is -2.03. The van der Waals surface area contributed by atoms with E-state index in [1.165, 1.54) is 5.56 Å². The molecule has 146 valence electrons. The van der Waals surface area contributed by atoms with Crippen molar-refractivity contribution < 1.29 is 0 Å². The van der Waals surface area contributed by atoms with E-state index < -0.39 is 0 Å². The molecule has 0 aliphatic carbocycles. The van der Waals surface area contributed by atoms with Gasteiger partial charge in [-0.05, 0) is 28.8 Å². The SMILES string of the molecule is Nc1c(-c2ccc(Cl)cc2)cnc2c(-c3ccccc3)c(Cc3ccccc3)nn12. The number of halogens is 1. The van der Waals surface area contributed by atoms with Crippen LogP contribution in [0.25, 0.3) is 27.9 Å². The number of anilines is 1. The van der Waals surface area contributed by atoms with Gasteiger partial charge in [0, 0.05) is 23.2 Å². The number of hydrogen-bond acceptors (Lipinski definition) is 3. The fourth-order valence-electron chi connectivity index (χ4n) is 3.71. The van der Waals surface area contributed by atoms with E-state index in [-0.39, 0.29) is 0 Å². The van der Waals surface area contributed by atoms with Gasteiger partial charge < -0.3 is 5.73 Å². The maximum Gasteiger partial charge on any atom is 0.165 e. The van der Waals surface area contributed by atoms with Gasteiger partial charge in [0.05, 0.1) is 11.3 Å². The maximum atomic E-state index is 6.57. The highest BCUT2D eigenvalue weighted by atomic mass is 35.5. The summed E-state index contributed by atoms with van der Waals surface area (Å²) in [7, 11) is 0. The van der Waals surface area contributed by atoms with Gasteiger partial charge in [-0.2, -0.15) is 9.61 Å². The molecule has 2 heterocycles. The highest BCUT2D eigenvalue weighted by Crippen LogP contribution is 2.33. The van der Waals surface area contributed by atoms with Gasteiger partial charge in [0.15, 0.2) is 5.65 Å². The van der Waals surface area contributed by atoms with Gasteiger partial charge in [-0.25, -0.2) is 4.98 Å². The van der Waals surface area contributed by atoms with Gasteiger partial charge >= 0.3 is 0 Å². The van der Waals surface area contributed by atoms with Crippen LogP contribution in [-0.4, -0.2) is 14.6 Å². The predicted octanol–water partition coefficient (Wildman–Crippen LogP) is 5.89. The number of nitrogens with two attached hydrogens (primary N) is 1. The molecular formula is C25H19ClN4. The highest BCUT2D eigenvalue weighted by molar-refractivity contribution is 6.30. The Labute approximate surface area is 179 Å². The number of hydrogen-bond donors (Lipinski definition) is 1. The Hall–Kier alpha value is -3.63. The molecule has 30 heavy (non-hydrogen) atoms. The Morgan fingerprint density at radius 1 is 0.800 bits per heavy atom. The first-order valence-corrected chi connectivity index (χ1v) is 10.1. The molecule has 5 aromatic rings. The van der Waals surface area contributed by atoms with Crippen LogP contribution in [0.5, 0.6) is 0 Å². The first kappa shape index (κ1) is 18.4. The second-order valence-electron chi connectivity index (χ2n) is 7.15. The summed E-state index contributed by atoms with van der Waals surface area (Å²) in [6.07, 6.45) is 2.51. The molecule has 0 aliphatic heterocycles. The molecule has 3 aromatic carbocycles. The van der Waals surface area contributed by atoms with Gasteiger partial charge in [-0.3, -0.25) is 0 Å². The number of nitrogens with zero attached hydrogens (tertiary/aromatic N) is 3. The molecule has 5 rings (SSSR count). The van der Waals surface area contributed by atoms with E-state index in [9.17, 15) is 0 Å². The first-order chi connectivity index (χ1) is 14.7. The normalized spacial score (nSPS) is 11.1. The van der Waals surface area contributed by atoms with Gasteiger partial charge in [0.2, 0.25) is 0 Å². The van der Waals surface area contributed by atoms with E-state index in [4.69, 9.17) is 27.4 Å². The number of rotatable bonds is 4. The fourth-order valence-corrected chi connectivity index (χ4v) is 3.84. The number of nitrogen functional groups attached to an aromatic ring is 1. The highest BCUT2D eigenvalue weighted by Gasteiger charge is 2.19. The summed E-state index contributed by atoms with van der Waals surface area (Å²) in [5, 5.41) is 5.57. The molecule has 2 N–H and O–H groups in total. The third-order valence-corrected chi connectivity index (χ3v) is 5.44. The third-order valence-electron chi connectivity index (χ3n) is 5.19. The lowest BCUT2D eigenvalue weighted by molar-refractivity contribution is 0.908. The second kappa shape index (κ2) is 7.65. The maximum absolute atomic E-state index is 6.57. The first-order valence-electron chi connectivity index (χ1n) is 9.72. The Morgan fingerprint density at radius 2 is 1.47 bits per heavy atom. The van der Waals surface area contributed by atoms with E-state index in [1.807, 2.05) is 66.9 Å². The monoisotopic (exact) mass is 410 g/mol. The predicted molar refractivity (Wildman–Crippen MR) is 123 cm³/mol. The van der Waals surface area contributed by atoms with Gasteiger partial charge in [0.1, 0.15) is 5.82 Å². The molecule has 4 nitrogen and oxygen atoms in total. The van der Waals surface area contributed by atoms with Gasteiger partial charge in [0.25, 0.3) is 0 Å². The van der Waals surface area contributed by atoms with E-state index >= 15 is 0 Å². The Bertz CT molecular complexity index is 1310. The van der Waals surface area contributed by atoms with Gasteiger partial charge in [-0.15, -0.1) is 0 Å². The van der Waals surface area contributed by atoms with Crippen molar-refractivity contribution in [3.05, 3.63) is 107 Å². The molecule has 0 amide bonds. The van der Waals surface area contributed by atoms with Crippen LogP contribution >= 0.6 is 11.6 Å². The van der Waals surface area contributed by atoms with Crippen LogP contribution in [0, 0.1) is 0 Å². The van der Waals surface area contributed by atoms with Crippen molar-refractivity contribution in [3.8, 4) is 22.3 Å². The molecule has 2 aromatic heterocycles. The molecule has 0 bridgehead atoms. The van der Waals surface area contributed by atoms with Crippen molar-refractivity contribution in [2.24, 2.45) is 0 Å². The van der Waals surface area contributed by atoms with Crippen molar-refractivity contribution >= 4 is 23.1 Å². The molecule has 0 aliphatic rings. The summed E-state index contributed by atoms with van der Waals surface area (Å²) in [4.78, 5) is 4.77. The molecule has 0 spiro atoms. The van der Waals surface area contributed by atoms with Crippen LogP contribution in [-0.2, 0) is 6.42 Å². The van der Waals surface area contributed by atoms with Crippen molar-refractivity contribution in [2.75, 3.05) is 5.73 Å². The molecule has 0 atom stereocenters. The van der Waals surface area contributed by atoms with Crippen molar-refractivity contribution in [1.29, 1.82) is 0 Å². The quantitative estimate of drug-likeness (QED) is 0.402. The molecule has 0 unspecified atom stereocenters. The summed E-state index contributed by atoms with van der Waals surface area (Å²) in [6, 6.07) is 28.1. The Kier molecular flexibility index (Phi) is 4.69. The van der Waals surface area contributed by atoms with Crippen molar-refractivity contribution in [3.63, 3.8) is 0 Å². The lowest BCUT2D eigenvalue weighted by atomic mass is 10.0. The van der Waals surface area contributed by atoms with Crippen LogP contribution in [0.1, 0.15) is 11.3 Å². The van der Waals surface area contributed by atoms with Crippen molar-refractivity contribution in [1.82, 2.24) is 14.6 Å². The lowest BCUT2D eigenvalue weighted by Gasteiger charge is -2.08. The van der Waals surface area contributed by atoms with Crippen LogP contribution in [0.15, 0.2) is 91.1 Å². The van der Waals surface area contributed by atoms with E-state index in [0.717, 1.165) is 33.6 Å². The van der Waals surface area contributed by atoms with Crippen LogP contribution < -0.4 is 5.73 Å². The minimum Gasteiger partial charge on any atom is -0.383 e. The van der Waals surface area contributed by atoms with Crippen LogP contribution in [0.4, 0.5) is 5.82 Å². The largest absolute Gasteiger partial charge is 0.383 e. The fraction of sp³-hybridized carbons (Fsp3) is 0.0400. The molecule has 0 fully saturated rings. The topological polar surface area (TPSA) is 56.2 Å². The molecular weight excluding hydrogens is 392 g/mol. The minimum atomic E-state index is 0.554. The average Bonchev–Trinajstić information content (AvgIpc) is 3.15. The van der Waals surface area contributed by atoms with E-state index in [0.29, 0.717) is 17.3 Å². The summed E-state index contributed by atoms with van der Waals surface area (Å²) >= 11 is 6.04. The Morgan fingerprint density at radius 3 is 2.17 bits per heavy atom. The summed E-state index contributed by atoms with van der Waals surface area (Å²) in [5.74, 6) is 0.554. The molecule has 0 saturated carbocycles. The Balaban J connectivity index is 1.71. The summed E-state index contributed by atoms with van der Waals surface area (Å²) < 4.78 is 1.75. The zero-order valence-electron chi connectivity index (χ0n) is 16.2. The summed E-state index contributed by atoms with van der Waals surface area (Å²) in [6.45, 7) is 0. The zero-order chi connectivity index (χ0) is 20.5. The standard InChI is InChI=1S/C25H19ClN4/c26-20-13-11-18(12-14-20)21-16-28-25-23(19-9-5-2-6-10-19)22(29-30(25)24(21)27)15-17-7-3-1-4-8-17/h1-14,16H,15,27H2. The number of fused-ring (bicyclic) bond motifs is 1.